The van der Waals surface area contributed by atoms with Gasteiger partial charge >= 0.3 is 0 Å². The normalized spacial score (nSPS) is 13.5. The minimum Gasteiger partial charge on any atom is -0.497 e. The monoisotopic (exact) mass is 432 g/mol. The molecule has 2 aromatic rings. The molecule has 0 saturated heterocycles. The van der Waals surface area contributed by atoms with Gasteiger partial charge in [-0.05, 0) is 48.6 Å². The number of ether oxygens (including phenoxy) is 1. The summed E-state index contributed by atoms with van der Waals surface area (Å²) in [6, 6.07) is 15.4. The van der Waals surface area contributed by atoms with E-state index in [4.69, 9.17) is 4.74 Å². The van der Waals surface area contributed by atoms with Crippen LogP contribution in [0.3, 0.4) is 0 Å². The Balaban J connectivity index is 2.35. The zero-order valence-electron chi connectivity index (χ0n) is 18.3. The quantitative estimate of drug-likeness (QED) is 0.612. The molecule has 1 N–H and O–H groups in total. The molecule has 2 atom stereocenters. The first kappa shape index (κ1) is 23.7. The van der Waals surface area contributed by atoms with Gasteiger partial charge in [-0.2, -0.15) is 0 Å². The third-order valence-corrected chi connectivity index (χ3v) is 6.06. The van der Waals surface area contributed by atoms with E-state index in [1.165, 1.54) is 4.31 Å². The van der Waals surface area contributed by atoms with Crippen LogP contribution in [0, 0.1) is 5.92 Å². The number of benzene rings is 2. The number of nitrogens with one attached hydrogen (secondary N) is 1. The molecule has 2 aromatic carbocycles. The summed E-state index contributed by atoms with van der Waals surface area (Å²) < 4.78 is 31.6. The van der Waals surface area contributed by atoms with Gasteiger partial charge in [0.2, 0.25) is 15.9 Å². The van der Waals surface area contributed by atoms with Crippen molar-refractivity contribution in [1.29, 1.82) is 0 Å². The van der Waals surface area contributed by atoms with Gasteiger partial charge in [-0.3, -0.25) is 9.10 Å². The Morgan fingerprint density at radius 2 is 1.67 bits per heavy atom. The number of nitrogens with zero attached hydrogens (tertiary/aromatic N) is 1. The van der Waals surface area contributed by atoms with E-state index in [2.05, 4.69) is 19.2 Å². The topological polar surface area (TPSA) is 75.7 Å². The molecular formula is C23H32N2O4S. The van der Waals surface area contributed by atoms with Crippen molar-refractivity contribution in [2.75, 3.05) is 17.7 Å². The number of amides is 1. The van der Waals surface area contributed by atoms with Crippen molar-refractivity contribution < 1.29 is 17.9 Å². The Labute approximate surface area is 180 Å². The molecule has 0 aliphatic rings. The molecule has 0 aliphatic carbocycles. The van der Waals surface area contributed by atoms with Crippen LogP contribution in [0.1, 0.15) is 45.2 Å². The van der Waals surface area contributed by atoms with E-state index in [1.807, 2.05) is 37.3 Å². The average Bonchev–Trinajstić information content (AvgIpc) is 2.71. The second-order valence-corrected chi connectivity index (χ2v) is 9.64. The van der Waals surface area contributed by atoms with E-state index in [-0.39, 0.29) is 11.9 Å². The van der Waals surface area contributed by atoms with Crippen LogP contribution >= 0.6 is 0 Å². The predicted octanol–water partition coefficient (Wildman–Crippen LogP) is 4.14. The minimum absolute atomic E-state index is 0.190. The van der Waals surface area contributed by atoms with Crippen molar-refractivity contribution in [3.8, 4) is 5.75 Å². The van der Waals surface area contributed by atoms with Crippen LogP contribution in [0.2, 0.25) is 0 Å². The van der Waals surface area contributed by atoms with Crippen LogP contribution in [0.5, 0.6) is 5.75 Å². The number of sulfonamides is 1. The standard InChI is InChI=1S/C23H32N2O4S/c1-6-22(25(30(5,27)28)19-12-14-20(29-4)15-13-19)23(26)24-21(16-17(2)3)18-10-8-7-9-11-18/h7-15,17,21-22H,6,16H2,1-5H3,(H,24,26)/t21-,22+/m0/s1. The first-order chi connectivity index (χ1) is 14.2. The summed E-state index contributed by atoms with van der Waals surface area (Å²) in [4.78, 5) is 13.3. The molecule has 0 unspecified atom stereocenters. The number of hydrogen-bond acceptors (Lipinski definition) is 4. The first-order valence-electron chi connectivity index (χ1n) is 10.2. The molecule has 0 spiro atoms. The van der Waals surface area contributed by atoms with Crippen LogP contribution in [-0.4, -0.2) is 33.7 Å². The largest absolute Gasteiger partial charge is 0.497 e. The molecule has 0 aliphatic heterocycles. The number of anilines is 1. The van der Waals surface area contributed by atoms with E-state index < -0.39 is 16.1 Å². The molecule has 7 heteroatoms. The van der Waals surface area contributed by atoms with Crippen LogP contribution < -0.4 is 14.4 Å². The van der Waals surface area contributed by atoms with Crippen LogP contribution in [0.4, 0.5) is 5.69 Å². The summed E-state index contributed by atoms with van der Waals surface area (Å²) >= 11 is 0. The van der Waals surface area contributed by atoms with Crippen LogP contribution in [-0.2, 0) is 14.8 Å². The number of methoxy groups -OCH3 is 1. The van der Waals surface area contributed by atoms with E-state index >= 15 is 0 Å². The maximum absolute atomic E-state index is 13.3. The summed E-state index contributed by atoms with van der Waals surface area (Å²) in [5.74, 6) is 0.669. The second kappa shape index (κ2) is 10.5. The second-order valence-electron chi connectivity index (χ2n) is 7.78. The number of carbonyl (C=O) groups is 1. The average molecular weight is 433 g/mol. The van der Waals surface area contributed by atoms with E-state index in [0.29, 0.717) is 23.8 Å². The number of rotatable bonds is 10. The Morgan fingerprint density at radius 1 is 1.07 bits per heavy atom. The van der Waals surface area contributed by atoms with Crippen molar-refractivity contribution in [2.24, 2.45) is 5.92 Å². The third kappa shape index (κ3) is 6.23. The summed E-state index contributed by atoms with van der Waals surface area (Å²) in [6.07, 6.45) is 2.22. The van der Waals surface area contributed by atoms with Crippen molar-refractivity contribution in [1.82, 2.24) is 5.32 Å². The lowest BCUT2D eigenvalue weighted by atomic mass is 9.96. The Morgan fingerprint density at radius 3 is 2.13 bits per heavy atom. The number of carbonyl (C=O) groups excluding carboxylic acids is 1. The van der Waals surface area contributed by atoms with Gasteiger partial charge in [0.1, 0.15) is 11.8 Å². The molecule has 2 rings (SSSR count). The van der Waals surface area contributed by atoms with E-state index in [1.54, 1.807) is 31.4 Å². The zero-order valence-corrected chi connectivity index (χ0v) is 19.1. The van der Waals surface area contributed by atoms with Gasteiger partial charge in [0.15, 0.2) is 0 Å². The Kier molecular flexibility index (Phi) is 8.29. The summed E-state index contributed by atoms with van der Waals surface area (Å²) in [7, 11) is -2.14. The summed E-state index contributed by atoms with van der Waals surface area (Å²) in [5, 5.41) is 3.09. The highest BCUT2D eigenvalue weighted by atomic mass is 32.2. The van der Waals surface area contributed by atoms with Gasteiger partial charge < -0.3 is 10.1 Å². The Bertz CT molecular complexity index is 912. The smallest absolute Gasteiger partial charge is 0.244 e. The van der Waals surface area contributed by atoms with Crippen molar-refractivity contribution in [3.63, 3.8) is 0 Å². The highest BCUT2D eigenvalue weighted by Crippen LogP contribution is 2.27. The molecule has 0 bridgehead atoms. The first-order valence-corrected chi connectivity index (χ1v) is 12.0. The molecule has 0 aromatic heterocycles. The molecule has 0 heterocycles. The molecule has 1 amide bonds. The maximum Gasteiger partial charge on any atom is 0.244 e. The van der Waals surface area contributed by atoms with Crippen LogP contribution in [0.25, 0.3) is 0 Å². The maximum atomic E-state index is 13.3. The molecule has 30 heavy (non-hydrogen) atoms. The highest BCUT2D eigenvalue weighted by Gasteiger charge is 2.32. The van der Waals surface area contributed by atoms with Crippen molar-refractivity contribution in [3.05, 3.63) is 60.2 Å². The molecular weight excluding hydrogens is 400 g/mol. The van der Waals surface area contributed by atoms with Gasteiger partial charge in [-0.25, -0.2) is 8.42 Å². The fraction of sp³-hybridized carbons (Fsp3) is 0.435. The van der Waals surface area contributed by atoms with Gasteiger partial charge in [0.25, 0.3) is 0 Å². The molecule has 6 nitrogen and oxygen atoms in total. The SMILES string of the molecule is CC[C@H](C(=O)N[C@@H](CC(C)C)c1ccccc1)N(c1ccc(OC)cc1)S(C)(=O)=O. The van der Waals surface area contributed by atoms with Gasteiger partial charge in [-0.15, -0.1) is 0 Å². The lowest BCUT2D eigenvalue weighted by Gasteiger charge is -2.32. The van der Waals surface area contributed by atoms with Crippen molar-refractivity contribution >= 4 is 21.6 Å². The van der Waals surface area contributed by atoms with Gasteiger partial charge in [0, 0.05) is 0 Å². The summed E-state index contributed by atoms with van der Waals surface area (Å²) in [6.45, 7) is 6.01. The van der Waals surface area contributed by atoms with Crippen molar-refractivity contribution in [2.45, 2.75) is 45.7 Å². The number of hydrogen-bond donors (Lipinski definition) is 1. The lowest BCUT2D eigenvalue weighted by Crippen LogP contribution is -2.50. The molecule has 0 saturated carbocycles. The third-order valence-electron chi connectivity index (χ3n) is 4.88. The summed E-state index contributed by atoms with van der Waals surface area (Å²) in [5.41, 5.74) is 1.44. The fourth-order valence-electron chi connectivity index (χ4n) is 3.49. The highest BCUT2D eigenvalue weighted by molar-refractivity contribution is 7.92. The lowest BCUT2D eigenvalue weighted by molar-refractivity contribution is -0.123. The molecule has 0 radical (unpaired) electrons. The van der Waals surface area contributed by atoms with Crippen LogP contribution in [0.15, 0.2) is 54.6 Å². The zero-order chi connectivity index (χ0) is 22.3. The van der Waals surface area contributed by atoms with Gasteiger partial charge in [-0.1, -0.05) is 51.1 Å². The van der Waals surface area contributed by atoms with E-state index in [0.717, 1.165) is 18.2 Å². The molecule has 0 fully saturated rings. The minimum atomic E-state index is -3.69. The Hall–Kier alpha value is -2.54. The van der Waals surface area contributed by atoms with E-state index in [9.17, 15) is 13.2 Å². The van der Waals surface area contributed by atoms with Gasteiger partial charge in [0.05, 0.1) is 25.1 Å². The predicted molar refractivity (Wildman–Crippen MR) is 121 cm³/mol. The fourth-order valence-corrected chi connectivity index (χ4v) is 4.70. The molecule has 164 valence electrons.